The van der Waals surface area contributed by atoms with Crippen LogP contribution in [0.4, 0.5) is 0 Å². The lowest BCUT2D eigenvalue weighted by Crippen LogP contribution is -2.29. The second kappa shape index (κ2) is 8.25. The minimum atomic E-state index is 0.213. The van der Waals surface area contributed by atoms with Crippen molar-refractivity contribution in [2.24, 2.45) is 0 Å². The topological polar surface area (TPSA) is 20.3 Å². The predicted octanol–water partition coefficient (Wildman–Crippen LogP) is 4.13. The molecule has 0 radical (unpaired) electrons. The van der Waals surface area contributed by atoms with Crippen molar-refractivity contribution >= 4 is 41.2 Å². The van der Waals surface area contributed by atoms with Gasteiger partial charge < -0.3 is 4.90 Å². The van der Waals surface area contributed by atoms with Crippen molar-refractivity contribution in [3.63, 3.8) is 0 Å². The molecule has 1 atom stereocenters. The Morgan fingerprint density at radius 2 is 2.10 bits per heavy atom. The van der Waals surface area contributed by atoms with Crippen molar-refractivity contribution in [2.45, 2.75) is 23.6 Å². The van der Waals surface area contributed by atoms with Gasteiger partial charge in [0.25, 0.3) is 0 Å². The van der Waals surface area contributed by atoms with Gasteiger partial charge in [-0.1, -0.05) is 19.1 Å². The third-order valence-electron chi connectivity index (χ3n) is 3.19. The molecule has 1 amide bonds. The van der Waals surface area contributed by atoms with E-state index in [9.17, 15) is 4.79 Å². The summed E-state index contributed by atoms with van der Waals surface area (Å²) in [5, 5.41) is 0.213. The largest absolute Gasteiger partial charge is 0.326 e. The van der Waals surface area contributed by atoms with Gasteiger partial charge in [0.05, 0.1) is 5.75 Å². The van der Waals surface area contributed by atoms with Crippen LogP contribution >= 0.6 is 35.3 Å². The molecule has 0 spiro atoms. The average molecular weight is 328 g/mol. The van der Waals surface area contributed by atoms with Crippen molar-refractivity contribution < 1.29 is 4.79 Å². The van der Waals surface area contributed by atoms with E-state index in [-0.39, 0.29) is 11.3 Å². The molecule has 1 aromatic rings. The lowest BCUT2D eigenvalue weighted by molar-refractivity contribution is -0.128. The third kappa shape index (κ3) is 4.12. The second-order valence-corrected chi connectivity index (χ2v) is 7.99. The summed E-state index contributed by atoms with van der Waals surface area (Å²) >= 11 is 5.45. The molecule has 2 rings (SSSR count). The van der Waals surface area contributed by atoms with Crippen LogP contribution in [0.5, 0.6) is 0 Å². The zero-order valence-electron chi connectivity index (χ0n) is 12.0. The minimum Gasteiger partial charge on any atom is -0.326 e. The first-order chi connectivity index (χ1) is 9.76. The first-order valence-electron chi connectivity index (χ1n) is 6.89. The van der Waals surface area contributed by atoms with E-state index >= 15 is 0 Å². The Morgan fingerprint density at radius 3 is 2.75 bits per heavy atom. The molecule has 20 heavy (non-hydrogen) atoms. The average Bonchev–Trinajstić information content (AvgIpc) is 2.82. The molecule has 1 saturated heterocycles. The van der Waals surface area contributed by atoms with Crippen molar-refractivity contribution in [1.29, 1.82) is 0 Å². The van der Waals surface area contributed by atoms with Crippen molar-refractivity contribution in [1.82, 2.24) is 4.90 Å². The van der Waals surface area contributed by atoms with E-state index in [1.807, 2.05) is 28.4 Å². The molecule has 0 aliphatic carbocycles. The van der Waals surface area contributed by atoms with Gasteiger partial charge in [0.2, 0.25) is 5.91 Å². The lowest BCUT2D eigenvalue weighted by atomic mass is 10.2. The quantitative estimate of drug-likeness (QED) is 0.554. The highest BCUT2D eigenvalue weighted by Crippen LogP contribution is 2.39. The number of carbonyl (C=O) groups excluding carboxylic acids is 1. The fraction of sp³-hybridized carbons (Fsp3) is 0.533. The van der Waals surface area contributed by atoms with Gasteiger partial charge in [-0.3, -0.25) is 4.79 Å². The highest BCUT2D eigenvalue weighted by Gasteiger charge is 2.32. The van der Waals surface area contributed by atoms with Crippen LogP contribution in [0, 0.1) is 0 Å². The summed E-state index contributed by atoms with van der Waals surface area (Å²) in [6.07, 6.45) is 3.19. The molecule has 1 aromatic carbocycles. The van der Waals surface area contributed by atoms with Gasteiger partial charge in [-0.25, -0.2) is 0 Å². The summed E-state index contributed by atoms with van der Waals surface area (Å²) < 4.78 is 0. The van der Waals surface area contributed by atoms with Crippen LogP contribution in [0.25, 0.3) is 0 Å². The third-order valence-corrected chi connectivity index (χ3v) is 6.04. The minimum absolute atomic E-state index is 0.213. The van der Waals surface area contributed by atoms with Crippen LogP contribution in [0.15, 0.2) is 29.2 Å². The Labute approximate surface area is 134 Å². The Kier molecular flexibility index (Phi) is 6.65. The Morgan fingerprint density at radius 1 is 1.35 bits per heavy atom. The lowest BCUT2D eigenvalue weighted by Gasteiger charge is -2.24. The number of hydrogen-bond donors (Lipinski definition) is 0. The maximum atomic E-state index is 12.0. The molecular formula is C15H21NOS3. The number of rotatable bonds is 7. The van der Waals surface area contributed by atoms with E-state index in [0.717, 1.165) is 24.5 Å². The van der Waals surface area contributed by atoms with Crippen LogP contribution in [0.1, 0.15) is 24.3 Å². The van der Waals surface area contributed by atoms with Gasteiger partial charge >= 0.3 is 0 Å². The first kappa shape index (κ1) is 16.1. The molecular weight excluding hydrogens is 306 g/mol. The van der Waals surface area contributed by atoms with Crippen LogP contribution < -0.4 is 0 Å². The van der Waals surface area contributed by atoms with E-state index in [2.05, 4.69) is 37.4 Å². The molecule has 0 N–H and O–H groups in total. The normalized spacial score (nSPS) is 18.8. The van der Waals surface area contributed by atoms with E-state index in [1.165, 1.54) is 10.5 Å². The summed E-state index contributed by atoms with van der Waals surface area (Å²) in [6.45, 7) is 3.04. The van der Waals surface area contributed by atoms with E-state index in [1.54, 1.807) is 11.8 Å². The molecule has 0 saturated carbocycles. The second-order valence-electron chi connectivity index (χ2n) is 4.60. The number of nitrogens with zero attached hydrogens (tertiary/aromatic N) is 1. The van der Waals surface area contributed by atoms with Gasteiger partial charge in [-0.05, 0) is 41.9 Å². The number of carbonyl (C=O) groups is 1. The fourth-order valence-corrected chi connectivity index (χ4v) is 4.55. The molecule has 0 aromatic heterocycles. The zero-order valence-corrected chi connectivity index (χ0v) is 14.5. The highest BCUT2D eigenvalue weighted by atomic mass is 32.2. The van der Waals surface area contributed by atoms with Gasteiger partial charge in [-0.2, -0.15) is 11.8 Å². The van der Waals surface area contributed by atoms with E-state index in [0.29, 0.717) is 5.75 Å². The molecule has 1 fully saturated rings. The van der Waals surface area contributed by atoms with Crippen molar-refractivity contribution in [2.75, 3.05) is 30.1 Å². The molecule has 2 nitrogen and oxygen atoms in total. The van der Waals surface area contributed by atoms with E-state index < -0.39 is 0 Å². The van der Waals surface area contributed by atoms with Crippen LogP contribution in [-0.2, 0) is 4.79 Å². The highest BCUT2D eigenvalue weighted by molar-refractivity contribution is 8.00. The van der Waals surface area contributed by atoms with Crippen LogP contribution in [-0.4, -0.2) is 40.9 Å². The van der Waals surface area contributed by atoms with E-state index in [4.69, 9.17) is 0 Å². The summed E-state index contributed by atoms with van der Waals surface area (Å²) in [5.74, 6) is 3.12. The number of thioether (sulfide) groups is 3. The molecule has 0 bridgehead atoms. The van der Waals surface area contributed by atoms with Crippen molar-refractivity contribution in [3.05, 3.63) is 29.8 Å². The molecule has 1 heterocycles. The Balaban J connectivity index is 2.03. The fourth-order valence-electron chi connectivity index (χ4n) is 2.25. The standard InChI is InChI=1S/C15H21NOS3/c1-3-19-13-7-5-12(6-8-13)15-16(9-4-10-18-2)14(17)11-20-15/h5-8,15H,3-4,9-11H2,1-2H3. The number of amides is 1. The van der Waals surface area contributed by atoms with Gasteiger partial charge in [-0.15, -0.1) is 23.5 Å². The molecule has 110 valence electrons. The Hall–Kier alpha value is -0.260. The molecule has 1 aliphatic heterocycles. The number of hydrogen-bond acceptors (Lipinski definition) is 4. The maximum absolute atomic E-state index is 12.0. The summed E-state index contributed by atoms with van der Waals surface area (Å²) in [5.41, 5.74) is 1.26. The smallest absolute Gasteiger partial charge is 0.233 e. The monoisotopic (exact) mass is 327 g/mol. The summed E-state index contributed by atoms with van der Waals surface area (Å²) in [4.78, 5) is 15.4. The van der Waals surface area contributed by atoms with Crippen LogP contribution in [0.3, 0.4) is 0 Å². The Bertz CT molecular complexity index is 435. The van der Waals surface area contributed by atoms with Gasteiger partial charge in [0.1, 0.15) is 5.37 Å². The predicted molar refractivity (Wildman–Crippen MR) is 92.8 cm³/mol. The maximum Gasteiger partial charge on any atom is 0.233 e. The SMILES string of the molecule is CCSc1ccc(C2SCC(=O)N2CCCSC)cc1. The molecule has 1 aliphatic rings. The van der Waals surface area contributed by atoms with Gasteiger partial charge in [0, 0.05) is 11.4 Å². The van der Waals surface area contributed by atoms with Gasteiger partial charge in [0.15, 0.2) is 0 Å². The summed E-state index contributed by atoms with van der Waals surface area (Å²) in [7, 11) is 0. The zero-order chi connectivity index (χ0) is 14.4. The molecule has 1 unspecified atom stereocenters. The van der Waals surface area contributed by atoms with Crippen LogP contribution in [0.2, 0.25) is 0 Å². The summed E-state index contributed by atoms with van der Waals surface area (Å²) in [6, 6.07) is 8.70. The van der Waals surface area contributed by atoms with Crippen molar-refractivity contribution in [3.8, 4) is 0 Å². The first-order valence-corrected chi connectivity index (χ1v) is 10.3. The molecule has 5 heteroatoms. The number of benzene rings is 1.